The Morgan fingerprint density at radius 3 is 1.60 bits per heavy atom. The van der Waals surface area contributed by atoms with Crippen LogP contribution in [0, 0.1) is 76.9 Å². The standard InChI is InChI=1S/C21H34O2.C12H20O3.C6H8O3/c1-14-15(2)18-12-16(14)13-19(18)20(22)23-21(10-6-7-11-21)17-8-4-3-5-9-17;1-7-8(2)10-5-9(7)6-11(10)12(14)15-4-3-13;1-3-4(2)6(8)9-5(3)7/h14-19H,3-13H2,1-2H3;7-11,13H,3-6H2,1-2H3;3-4H,1-2H3. The van der Waals surface area contributed by atoms with Gasteiger partial charge in [0.25, 0.3) is 0 Å². The molecule has 0 aromatic heterocycles. The van der Waals surface area contributed by atoms with Gasteiger partial charge < -0.3 is 19.3 Å². The lowest BCUT2D eigenvalue weighted by atomic mass is 9.74. The molecule has 7 rings (SSSR count). The molecule has 8 heteroatoms. The topological polar surface area (TPSA) is 116 Å². The molecule has 6 aliphatic carbocycles. The molecule has 1 heterocycles. The molecule has 12 unspecified atom stereocenters. The fourth-order valence-corrected chi connectivity index (χ4v) is 10.8. The Hall–Kier alpha value is -1.96. The highest BCUT2D eigenvalue weighted by atomic mass is 16.6. The second-order valence-corrected chi connectivity index (χ2v) is 16.7. The molecule has 1 aliphatic heterocycles. The van der Waals surface area contributed by atoms with Crippen LogP contribution in [-0.4, -0.2) is 47.8 Å². The molecule has 7 aliphatic rings. The van der Waals surface area contributed by atoms with Crippen LogP contribution in [0.4, 0.5) is 0 Å². The van der Waals surface area contributed by atoms with Crippen molar-refractivity contribution in [1.29, 1.82) is 0 Å². The van der Waals surface area contributed by atoms with E-state index >= 15 is 0 Å². The predicted octanol–water partition coefficient (Wildman–Crippen LogP) is 7.14. The Balaban J connectivity index is 0.000000155. The van der Waals surface area contributed by atoms with Crippen molar-refractivity contribution in [2.24, 2.45) is 76.9 Å². The van der Waals surface area contributed by atoms with Gasteiger partial charge in [-0.05, 0) is 117 Å². The van der Waals surface area contributed by atoms with Crippen LogP contribution in [0.15, 0.2) is 0 Å². The summed E-state index contributed by atoms with van der Waals surface area (Å²) in [6.07, 6.45) is 16.0. The van der Waals surface area contributed by atoms with Gasteiger partial charge >= 0.3 is 23.9 Å². The summed E-state index contributed by atoms with van der Waals surface area (Å²) in [4.78, 5) is 45.9. The fourth-order valence-electron chi connectivity index (χ4n) is 10.8. The first kappa shape index (κ1) is 36.3. The molecule has 47 heavy (non-hydrogen) atoms. The first-order valence-electron chi connectivity index (χ1n) is 19.1. The number of aliphatic hydroxyl groups excluding tert-OH is 1. The summed E-state index contributed by atoms with van der Waals surface area (Å²) in [6, 6.07) is 0. The normalized spacial score (nSPS) is 41.5. The molecule has 0 spiro atoms. The van der Waals surface area contributed by atoms with Crippen molar-refractivity contribution in [2.75, 3.05) is 13.2 Å². The summed E-state index contributed by atoms with van der Waals surface area (Å²) in [5, 5.41) is 8.61. The van der Waals surface area contributed by atoms with Gasteiger partial charge in [-0.2, -0.15) is 0 Å². The van der Waals surface area contributed by atoms with E-state index in [1.807, 2.05) is 0 Å². The van der Waals surface area contributed by atoms with E-state index in [0.29, 0.717) is 29.6 Å². The van der Waals surface area contributed by atoms with Gasteiger partial charge in [-0.3, -0.25) is 19.2 Å². The summed E-state index contributed by atoms with van der Waals surface area (Å²) >= 11 is 0. The lowest BCUT2D eigenvalue weighted by molar-refractivity contribution is -0.175. The molecule has 4 bridgehead atoms. The van der Waals surface area contributed by atoms with Crippen molar-refractivity contribution >= 4 is 23.9 Å². The Labute approximate surface area is 282 Å². The smallest absolute Gasteiger partial charge is 0.317 e. The number of rotatable bonds is 6. The highest BCUT2D eigenvalue weighted by Crippen LogP contribution is 2.57. The van der Waals surface area contributed by atoms with Crippen LogP contribution in [0.1, 0.15) is 125 Å². The molecule has 6 saturated carbocycles. The number of carbonyl (C=O) groups is 4. The number of hydrogen-bond acceptors (Lipinski definition) is 8. The molecule has 0 radical (unpaired) electrons. The number of ether oxygens (including phenoxy) is 3. The van der Waals surface area contributed by atoms with Crippen LogP contribution in [0.2, 0.25) is 0 Å². The zero-order chi connectivity index (χ0) is 34.0. The summed E-state index contributed by atoms with van der Waals surface area (Å²) in [6.45, 7) is 12.8. The van der Waals surface area contributed by atoms with Crippen LogP contribution >= 0.6 is 0 Å². The van der Waals surface area contributed by atoms with Crippen molar-refractivity contribution < 1.29 is 38.5 Å². The van der Waals surface area contributed by atoms with E-state index in [-0.39, 0.29) is 54.4 Å². The summed E-state index contributed by atoms with van der Waals surface area (Å²) in [5.41, 5.74) is -0.0752. The molecule has 12 atom stereocenters. The van der Waals surface area contributed by atoms with E-state index in [1.54, 1.807) is 13.8 Å². The average Bonchev–Trinajstić information content (AvgIpc) is 3.92. The van der Waals surface area contributed by atoms with Crippen molar-refractivity contribution in [1.82, 2.24) is 0 Å². The Bertz CT molecular complexity index is 1100. The van der Waals surface area contributed by atoms with Crippen molar-refractivity contribution in [2.45, 2.75) is 131 Å². The van der Waals surface area contributed by atoms with Crippen LogP contribution in [0.25, 0.3) is 0 Å². The van der Waals surface area contributed by atoms with E-state index in [1.165, 1.54) is 57.8 Å². The van der Waals surface area contributed by atoms with Gasteiger partial charge in [-0.15, -0.1) is 0 Å². The number of hydrogen-bond donors (Lipinski definition) is 1. The van der Waals surface area contributed by atoms with Crippen molar-refractivity contribution in [3.8, 4) is 0 Å². The maximum atomic E-state index is 13.1. The molecule has 1 N–H and O–H groups in total. The van der Waals surface area contributed by atoms with Gasteiger partial charge in [0.1, 0.15) is 12.2 Å². The molecule has 0 aromatic carbocycles. The highest BCUT2D eigenvalue weighted by Gasteiger charge is 2.54. The summed E-state index contributed by atoms with van der Waals surface area (Å²) < 4.78 is 15.7. The van der Waals surface area contributed by atoms with Crippen molar-refractivity contribution in [3.63, 3.8) is 0 Å². The zero-order valence-corrected chi connectivity index (χ0v) is 29.9. The maximum absolute atomic E-state index is 13.1. The molecule has 0 aromatic rings. The van der Waals surface area contributed by atoms with Gasteiger partial charge in [0.15, 0.2) is 0 Å². The molecule has 1 saturated heterocycles. The van der Waals surface area contributed by atoms with Gasteiger partial charge in [0, 0.05) is 0 Å². The quantitative estimate of drug-likeness (QED) is 0.182. The van der Waals surface area contributed by atoms with Gasteiger partial charge in [-0.25, -0.2) is 0 Å². The summed E-state index contributed by atoms with van der Waals surface area (Å²) in [7, 11) is 0. The first-order valence-corrected chi connectivity index (χ1v) is 19.1. The van der Waals surface area contributed by atoms with E-state index < -0.39 is 11.9 Å². The highest BCUT2D eigenvalue weighted by molar-refractivity contribution is 5.95. The predicted molar refractivity (Wildman–Crippen MR) is 177 cm³/mol. The van der Waals surface area contributed by atoms with Crippen LogP contribution in [0.3, 0.4) is 0 Å². The van der Waals surface area contributed by atoms with Gasteiger partial charge in [-0.1, -0.05) is 60.8 Å². The number of aliphatic hydroxyl groups is 1. The second-order valence-electron chi connectivity index (χ2n) is 16.7. The SMILES string of the molecule is CC1C(=O)OC(=O)C1C.CC1C2CC(C(=O)OC3(C4CCCCC4)CCCC3)C(C2)C1C.CC1C2CC(C(=O)OCCO)C(C2)C1C. The van der Waals surface area contributed by atoms with E-state index in [0.717, 1.165) is 49.4 Å². The number of cyclic esters (lactones) is 2. The van der Waals surface area contributed by atoms with Crippen LogP contribution in [-0.2, 0) is 33.4 Å². The number of carbonyl (C=O) groups excluding carboxylic acids is 4. The average molecular weight is 659 g/mol. The lowest BCUT2D eigenvalue weighted by Crippen LogP contribution is -2.44. The van der Waals surface area contributed by atoms with Gasteiger partial charge in [0.2, 0.25) is 0 Å². The molecule has 0 amide bonds. The minimum atomic E-state index is -0.396. The number of esters is 4. The molecule has 8 nitrogen and oxygen atoms in total. The molecular weight excluding hydrogens is 596 g/mol. The fraction of sp³-hybridized carbons (Fsp3) is 0.897. The zero-order valence-electron chi connectivity index (χ0n) is 29.9. The monoisotopic (exact) mass is 658 g/mol. The third-order valence-corrected chi connectivity index (χ3v) is 14.5. The van der Waals surface area contributed by atoms with E-state index in [2.05, 4.69) is 32.4 Å². The number of fused-ring (bicyclic) bond motifs is 4. The maximum Gasteiger partial charge on any atom is 0.317 e. The lowest BCUT2D eigenvalue weighted by Gasteiger charge is -2.41. The molecule has 7 fully saturated rings. The Kier molecular flexibility index (Phi) is 11.8. The third-order valence-electron chi connectivity index (χ3n) is 14.5. The largest absolute Gasteiger partial charge is 0.463 e. The van der Waals surface area contributed by atoms with E-state index in [9.17, 15) is 19.2 Å². The third kappa shape index (κ3) is 7.48. The molecular formula is C39H62O8. The van der Waals surface area contributed by atoms with E-state index in [4.69, 9.17) is 14.6 Å². The minimum Gasteiger partial charge on any atom is -0.463 e. The second kappa shape index (κ2) is 15.3. The summed E-state index contributed by atoms with van der Waals surface area (Å²) in [5.74, 6) is 5.32. The minimum absolute atomic E-state index is 0.0709. The van der Waals surface area contributed by atoms with Crippen LogP contribution in [0.5, 0.6) is 0 Å². The Morgan fingerprint density at radius 1 is 0.702 bits per heavy atom. The molecule has 266 valence electrons. The Morgan fingerprint density at radius 2 is 1.19 bits per heavy atom. The van der Waals surface area contributed by atoms with Crippen LogP contribution < -0.4 is 0 Å². The first-order chi connectivity index (χ1) is 22.4. The van der Waals surface area contributed by atoms with Crippen molar-refractivity contribution in [3.05, 3.63) is 0 Å². The van der Waals surface area contributed by atoms with Gasteiger partial charge in [0.05, 0.1) is 30.3 Å².